The van der Waals surface area contributed by atoms with Crippen molar-refractivity contribution in [3.63, 3.8) is 0 Å². The van der Waals surface area contributed by atoms with Gasteiger partial charge in [-0.2, -0.15) is 11.8 Å². The number of amides is 1. The zero-order valence-corrected chi connectivity index (χ0v) is 20.9. The van der Waals surface area contributed by atoms with Crippen LogP contribution >= 0.6 is 23.5 Å². The van der Waals surface area contributed by atoms with Crippen LogP contribution in [-0.4, -0.2) is 63.0 Å². The second kappa shape index (κ2) is 12.1. The number of nitrogens with one attached hydrogen (secondary N) is 1. The standard InChI is InChI=1S/C25H29N5O2S2/c1-3-11-30-24(21-9-4-5-10-22(21)32-2)27-28-25(30)34-18-23(31)26-20-8-6-7-19(16-20)17-29-12-14-33-15-13-29/h3-10,16H,1,11-15,17-18H2,2H3,(H,26,31). The second-order valence-corrected chi connectivity index (χ2v) is 10.00. The molecule has 0 bridgehead atoms. The van der Waals surface area contributed by atoms with Crippen molar-refractivity contribution in [2.45, 2.75) is 18.2 Å². The number of hydrogen-bond acceptors (Lipinski definition) is 7. The maximum atomic E-state index is 12.7. The molecule has 7 nitrogen and oxygen atoms in total. The zero-order valence-electron chi connectivity index (χ0n) is 19.3. The van der Waals surface area contributed by atoms with Crippen LogP contribution in [0.2, 0.25) is 0 Å². The number of thioether (sulfide) groups is 2. The number of para-hydroxylation sites is 1. The number of allylic oxidation sites excluding steroid dienone is 1. The van der Waals surface area contributed by atoms with Gasteiger partial charge in [0.05, 0.1) is 18.4 Å². The van der Waals surface area contributed by atoms with Crippen LogP contribution in [0.4, 0.5) is 5.69 Å². The summed E-state index contributed by atoms with van der Waals surface area (Å²) >= 11 is 3.36. The predicted octanol–water partition coefficient (Wildman–Crippen LogP) is 4.42. The number of benzene rings is 2. The Morgan fingerprint density at radius 1 is 1.21 bits per heavy atom. The van der Waals surface area contributed by atoms with Crippen molar-refractivity contribution < 1.29 is 9.53 Å². The molecule has 1 aliphatic heterocycles. The lowest BCUT2D eigenvalue weighted by atomic mass is 10.2. The molecule has 1 N–H and O–H groups in total. The fourth-order valence-electron chi connectivity index (χ4n) is 3.81. The van der Waals surface area contributed by atoms with E-state index in [-0.39, 0.29) is 11.7 Å². The summed E-state index contributed by atoms with van der Waals surface area (Å²) in [4.78, 5) is 15.1. The van der Waals surface area contributed by atoms with Crippen molar-refractivity contribution in [3.8, 4) is 17.1 Å². The Bertz CT molecular complexity index is 1130. The molecule has 178 valence electrons. The molecular formula is C25H29N5O2S2. The monoisotopic (exact) mass is 495 g/mol. The Balaban J connectivity index is 1.40. The molecule has 0 unspecified atom stereocenters. The van der Waals surface area contributed by atoms with Crippen molar-refractivity contribution in [2.75, 3.05) is 42.8 Å². The molecule has 34 heavy (non-hydrogen) atoms. The van der Waals surface area contributed by atoms with Crippen molar-refractivity contribution in [2.24, 2.45) is 0 Å². The number of rotatable bonds is 10. The number of hydrogen-bond donors (Lipinski definition) is 1. The van der Waals surface area contributed by atoms with E-state index in [0.717, 1.165) is 36.6 Å². The van der Waals surface area contributed by atoms with Gasteiger partial charge in [-0.3, -0.25) is 14.3 Å². The molecule has 0 atom stereocenters. The molecule has 0 radical (unpaired) electrons. The summed E-state index contributed by atoms with van der Waals surface area (Å²) in [6, 6.07) is 15.8. The molecule has 0 spiro atoms. The summed E-state index contributed by atoms with van der Waals surface area (Å²) in [7, 11) is 1.63. The Kier molecular flexibility index (Phi) is 8.67. The minimum absolute atomic E-state index is 0.0801. The molecule has 1 aromatic heterocycles. The van der Waals surface area contributed by atoms with Gasteiger partial charge in [0.1, 0.15) is 5.75 Å². The normalized spacial score (nSPS) is 14.0. The summed E-state index contributed by atoms with van der Waals surface area (Å²) in [5.74, 6) is 3.92. The number of ether oxygens (including phenoxy) is 1. The molecule has 9 heteroatoms. The number of anilines is 1. The Labute approximate surface area is 209 Å². The average Bonchev–Trinajstić information content (AvgIpc) is 3.26. The van der Waals surface area contributed by atoms with E-state index in [1.54, 1.807) is 13.2 Å². The highest BCUT2D eigenvalue weighted by Gasteiger charge is 2.18. The maximum absolute atomic E-state index is 12.7. The molecule has 3 aromatic rings. The van der Waals surface area contributed by atoms with Gasteiger partial charge in [-0.15, -0.1) is 16.8 Å². The van der Waals surface area contributed by atoms with Crippen LogP contribution in [0.15, 0.2) is 66.3 Å². The van der Waals surface area contributed by atoms with Gasteiger partial charge in [0, 0.05) is 43.4 Å². The smallest absolute Gasteiger partial charge is 0.234 e. The number of methoxy groups -OCH3 is 1. The van der Waals surface area contributed by atoms with E-state index >= 15 is 0 Å². The van der Waals surface area contributed by atoms with Crippen LogP contribution in [-0.2, 0) is 17.9 Å². The van der Waals surface area contributed by atoms with E-state index in [1.165, 1.54) is 28.8 Å². The number of carbonyl (C=O) groups is 1. The zero-order chi connectivity index (χ0) is 23.8. The highest BCUT2D eigenvalue weighted by atomic mass is 32.2. The van der Waals surface area contributed by atoms with Crippen LogP contribution in [0.3, 0.4) is 0 Å². The molecule has 0 saturated carbocycles. The number of carbonyl (C=O) groups excluding carboxylic acids is 1. The molecule has 0 aliphatic carbocycles. The van der Waals surface area contributed by atoms with Crippen molar-refractivity contribution >= 4 is 35.1 Å². The lowest BCUT2D eigenvalue weighted by molar-refractivity contribution is -0.113. The van der Waals surface area contributed by atoms with E-state index in [0.29, 0.717) is 17.5 Å². The topological polar surface area (TPSA) is 72.3 Å². The molecule has 1 saturated heterocycles. The fraction of sp³-hybridized carbons (Fsp3) is 0.320. The first-order chi connectivity index (χ1) is 16.7. The molecule has 1 amide bonds. The lowest BCUT2D eigenvalue weighted by Crippen LogP contribution is -2.31. The Morgan fingerprint density at radius 3 is 2.82 bits per heavy atom. The summed E-state index contributed by atoms with van der Waals surface area (Å²) in [5, 5.41) is 12.4. The van der Waals surface area contributed by atoms with Crippen LogP contribution in [0.1, 0.15) is 5.56 Å². The summed E-state index contributed by atoms with van der Waals surface area (Å²) in [6.07, 6.45) is 1.79. The van der Waals surface area contributed by atoms with E-state index in [2.05, 4.69) is 39.1 Å². The third-order valence-electron chi connectivity index (χ3n) is 5.43. The van der Waals surface area contributed by atoms with Crippen molar-refractivity contribution in [1.29, 1.82) is 0 Å². The van der Waals surface area contributed by atoms with Crippen LogP contribution < -0.4 is 10.1 Å². The molecule has 1 fully saturated rings. The van der Waals surface area contributed by atoms with Gasteiger partial charge in [-0.05, 0) is 29.8 Å². The van der Waals surface area contributed by atoms with Crippen LogP contribution in [0, 0.1) is 0 Å². The first-order valence-corrected chi connectivity index (χ1v) is 13.3. The summed E-state index contributed by atoms with van der Waals surface area (Å²) < 4.78 is 7.43. The molecule has 1 aliphatic rings. The van der Waals surface area contributed by atoms with Crippen molar-refractivity contribution in [3.05, 3.63) is 66.7 Å². The fourth-order valence-corrected chi connectivity index (χ4v) is 5.54. The minimum atomic E-state index is -0.0801. The van der Waals surface area contributed by atoms with E-state index in [9.17, 15) is 4.79 Å². The van der Waals surface area contributed by atoms with Gasteiger partial charge in [0.25, 0.3) is 0 Å². The van der Waals surface area contributed by atoms with Crippen LogP contribution in [0.5, 0.6) is 5.75 Å². The predicted molar refractivity (Wildman–Crippen MR) is 141 cm³/mol. The van der Waals surface area contributed by atoms with E-state index in [4.69, 9.17) is 4.74 Å². The summed E-state index contributed by atoms with van der Waals surface area (Å²) in [5.41, 5.74) is 2.88. The SMILES string of the molecule is C=CCn1c(SCC(=O)Nc2cccc(CN3CCSCC3)c2)nnc1-c1ccccc1OC. The molecule has 2 aromatic carbocycles. The first kappa shape index (κ1) is 24.4. The highest BCUT2D eigenvalue weighted by molar-refractivity contribution is 7.99. The number of nitrogens with zero attached hydrogens (tertiary/aromatic N) is 4. The molecule has 2 heterocycles. The van der Waals surface area contributed by atoms with Gasteiger partial charge in [0.2, 0.25) is 5.91 Å². The lowest BCUT2D eigenvalue weighted by Gasteiger charge is -2.26. The third-order valence-corrected chi connectivity index (χ3v) is 7.34. The maximum Gasteiger partial charge on any atom is 0.234 e. The van der Waals surface area contributed by atoms with Crippen LogP contribution in [0.25, 0.3) is 11.4 Å². The molecular weight excluding hydrogens is 466 g/mol. The highest BCUT2D eigenvalue weighted by Crippen LogP contribution is 2.31. The van der Waals surface area contributed by atoms with E-state index < -0.39 is 0 Å². The van der Waals surface area contributed by atoms with Gasteiger partial charge >= 0.3 is 0 Å². The summed E-state index contributed by atoms with van der Waals surface area (Å²) in [6.45, 7) is 7.52. The van der Waals surface area contributed by atoms with Gasteiger partial charge in [-0.25, -0.2) is 0 Å². The van der Waals surface area contributed by atoms with Crippen molar-refractivity contribution in [1.82, 2.24) is 19.7 Å². The second-order valence-electron chi connectivity index (χ2n) is 7.83. The quantitative estimate of drug-likeness (QED) is 0.330. The Morgan fingerprint density at radius 2 is 2.03 bits per heavy atom. The Hall–Kier alpha value is -2.75. The first-order valence-electron chi connectivity index (χ1n) is 11.2. The minimum Gasteiger partial charge on any atom is -0.496 e. The average molecular weight is 496 g/mol. The molecule has 4 rings (SSSR count). The largest absolute Gasteiger partial charge is 0.496 e. The van der Waals surface area contributed by atoms with Gasteiger partial charge in [-0.1, -0.05) is 42.1 Å². The van der Waals surface area contributed by atoms with E-state index in [1.807, 2.05) is 52.7 Å². The number of aromatic nitrogens is 3. The van der Waals surface area contributed by atoms with Gasteiger partial charge < -0.3 is 10.1 Å². The third kappa shape index (κ3) is 6.22. The van der Waals surface area contributed by atoms with Gasteiger partial charge in [0.15, 0.2) is 11.0 Å².